The Morgan fingerprint density at radius 2 is 1.34 bits per heavy atom. The Kier molecular flexibility index (Phi) is 6.24. The van der Waals surface area contributed by atoms with Crippen LogP contribution < -0.4 is 9.80 Å². The lowest BCUT2D eigenvalue weighted by molar-refractivity contribution is -0.130. The van der Waals surface area contributed by atoms with Gasteiger partial charge in [0.1, 0.15) is 0 Å². The van der Waals surface area contributed by atoms with Gasteiger partial charge >= 0.3 is 0 Å². The second kappa shape index (κ2) is 9.22. The summed E-state index contributed by atoms with van der Waals surface area (Å²) >= 11 is 0. The summed E-state index contributed by atoms with van der Waals surface area (Å²) in [6, 6.07) is 14.1. The molecule has 1 amide bonds. The van der Waals surface area contributed by atoms with Crippen molar-refractivity contribution in [1.82, 2.24) is 20.0 Å². The van der Waals surface area contributed by atoms with Crippen LogP contribution in [-0.2, 0) is 11.2 Å². The van der Waals surface area contributed by atoms with Crippen molar-refractivity contribution in [3.8, 4) is 0 Å². The third-order valence-electron chi connectivity index (χ3n) is 5.93. The summed E-state index contributed by atoms with van der Waals surface area (Å²) in [5.74, 6) is 2.06. The van der Waals surface area contributed by atoms with Crippen LogP contribution in [0.2, 0.25) is 0 Å². The number of aromatic nitrogens is 2. The monoisotopic (exact) mass is 394 g/mol. The third-order valence-corrected chi connectivity index (χ3v) is 5.93. The fraction of sp³-hybridized carbons (Fsp3) is 0.500. The number of carbonyl (C=O) groups excluding carboxylic acids is 1. The number of amides is 1. The highest BCUT2D eigenvalue weighted by atomic mass is 16.2. The van der Waals surface area contributed by atoms with Gasteiger partial charge in [0.25, 0.3) is 0 Å². The van der Waals surface area contributed by atoms with E-state index in [4.69, 9.17) is 0 Å². The Morgan fingerprint density at radius 3 is 1.86 bits per heavy atom. The maximum Gasteiger partial charge on any atom is 0.227 e. The van der Waals surface area contributed by atoms with Gasteiger partial charge in [0.05, 0.1) is 6.42 Å². The third kappa shape index (κ3) is 4.85. The maximum absolute atomic E-state index is 12.5. The topological polar surface area (TPSA) is 55.8 Å². The van der Waals surface area contributed by atoms with Crippen LogP contribution in [0.15, 0.2) is 42.5 Å². The van der Waals surface area contributed by atoms with Gasteiger partial charge in [-0.15, -0.1) is 10.2 Å². The maximum atomic E-state index is 12.5. The minimum atomic E-state index is 0.198. The minimum absolute atomic E-state index is 0.198. The predicted octanol–water partition coefficient (Wildman–Crippen LogP) is 1.51. The largest absolute Gasteiger partial charge is 0.353 e. The molecule has 0 spiro atoms. The van der Waals surface area contributed by atoms with Crippen molar-refractivity contribution < 1.29 is 4.79 Å². The molecule has 0 saturated carbocycles. The van der Waals surface area contributed by atoms with Crippen LogP contribution in [0, 0.1) is 0 Å². The summed E-state index contributed by atoms with van der Waals surface area (Å²) in [6.45, 7) is 10.5. The van der Waals surface area contributed by atoms with E-state index in [9.17, 15) is 4.79 Å². The normalized spacial score (nSPS) is 18.2. The first-order valence-corrected chi connectivity index (χ1v) is 10.6. The van der Waals surface area contributed by atoms with Crippen molar-refractivity contribution >= 4 is 17.5 Å². The first-order valence-electron chi connectivity index (χ1n) is 10.6. The molecule has 0 aliphatic carbocycles. The molecule has 29 heavy (non-hydrogen) atoms. The van der Waals surface area contributed by atoms with E-state index in [2.05, 4.69) is 44.0 Å². The molecular formula is C22H30N6O. The Morgan fingerprint density at radius 1 is 0.793 bits per heavy atom. The van der Waals surface area contributed by atoms with Crippen LogP contribution in [0.25, 0.3) is 0 Å². The Balaban J connectivity index is 1.28. The Labute approximate surface area is 172 Å². The Hall–Kier alpha value is -2.67. The molecule has 2 aliphatic rings. The highest BCUT2D eigenvalue weighted by Crippen LogP contribution is 2.18. The molecule has 1 aromatic heterocycles. The number of rotatable bonds is 5. The molecule has 2 fully saturated rings. The second-order valence-corrected chi connectivity index (χ2v) is 7.70. The number of piperazine rings is 2. The number of hydrogen-bond acceptors (Lipinski definition) is 6. The van der Waals surface area contributed by atoms with Gasteiger partial charge in [-0.3, -0.25) is 4.79 Å². The molecule has 3 heterocycles. The summed E-state index contributed by atoms with van der Waals surface area (Å²) in [7, 11) is 0. The SMILES string of the molecule is CCN1CCN(c2ccc(N3CCN(C(=O)Cc4ccccc4)CC3)nn2)CC1. The van der Waals surface area contributed by atoms with E-state index in [-0.39, 0.29) is 5.91 Å². The van der Waals surface area contributed by atoms with Gasteiger partial charge in [0.15, 0.2) is 11.6 Å². The van der Waals surface area contributed by atoms with E-state index in [1.165, 1.54) is 0 Å². The van der Waals surface area contributed by atoms with E-state index < -0.39 is 0 Å². The van der Waals surface area contributed by atoms with Gasteiger partial charge in [0.2, 0.25) is 5.91 Å². The first-order chi connectivity index (χ1) is 14.2. The summed E-state index contributed by atoms with van der Waals surface area (Å²) < 4.78 is 0. The average Bonchev–Trinajstić information content (AvgIpc) is 2.80. The number of nitrogens with zero attached hydrogens (tertiary/aromatic N) is 6. The summed E-state index contributed by atoms with van der Waals surface area (Å²) in [5.41, 5.74) is 1.07. The zero-order valence-corrected chi connectivity index (χ0v) is 17.2. The van der Waals surface area contributed by atoms with Crippen molar-refractivity contribution in [3.05, 3.63) is 48.0 Å². The van der Waals surface area contributed by atoms with E-state index in [0.717, 1.165) is 76.1 Å². The van der Waals surface area contributed by atoms with Gasteiger partial charge in [-0.2, -0.15) is 0 Å². The molecule has 7 nitrogen and oxygen atoms in total. The van der Waals surface area contributed by atoms with E-state index in [1.54, 1.807) is 0 Å². The highest BCUT2D eigenvalue weighted by molar-refractivity contribution is 5.79. The van der Waals surface area contributed by atoms with Gasteiger partial charge < -0.3 is 19.6 Å². The van der Waals surface area contributed by atoms with Crippen LogP contribution in [0.4, 0.5) is 11.6 Å². The number of anilines is 2. The molecule has 4 rings (SSSR count). The number of hydrogen-bond donors (Lipinski definition) is 0. The smallest absolute Gasteiger partial charge is 0.227 e. The summed E-state index contributed by atoms with van der Waals surface area (Å²) in [6.07, 6.45) is 0.473. The molecule has 0 atom stereocenters. The lowest BCUT2D eigenvalue weighted by atomic mass is 10.1. The molecule has 154 valence electrons. The van der Waals surface area contributed by atoms with Crippen molar-refractivity contribution in [2.75, 3.05) is 68.7 Å². The zero-order valence-electron chi connectivity index (χ0n) is 17.2. The number of benzene rings is 1. The van der Waals surface area contributed by atoms with E-state index in [0.29, 0.717) is 6.42 Å². The lowest BCUT2D eigenvalue weighted by Gasteiger charge is -2.36. The van der Waals surface area contributed by atoms with Crippen molar-refractivity contribution in [3.63, 3.8) is 0 Å². The molecule has 2 aliphatic heterocycles. The fourth-order valence-corrected chi connectivity index (χ4v) is 4.02. The zero-order chi connectivity index (χ0) is 20.1. The molecule has 0 radical (unpaired) electrons. The summed E-state index contributed by atoms with van der Waals surface area (Å²) in [5, 5.41) is 8.95. The van der Waals surface area contributed by atoms with Gasteiger partial charge in [-0.25, -0.2) is 0 Å². The van der Waals surface area contributed by atoms with Crippen LogP contribution in [0.3, 0.4) is 0 Å². The lowest BCUT2D eigenvalue weighted by Crippen LogP contribution is -2.49. The molecule has 1 aromatic carbocycles. The molecule has 7 heteroatoms. The van der Waals surface area contributed by atoms with Crippen molar-refractivity contribution in [2.45, 2.75) is 13.3 Å². The minimum Gasteiger partial charge on any atom is -0.353 e. The predicted molar refractivity (Wildman–Crippen MR) is 115 cm³/mol. The van der Waals surface area contributed by atoms with Crippen molar-refractivity contribution in [2.24, 2.45) is 0 Å². The van der Waals surface area contributed by atoms with Crippen molar-refractivity contribution in [1.29, 1.82) is 0 Å². The van der Waals surface area contributed by atoms with Gasteiger partial charge in [-0.05, 0) is 24.2 Å². The molecule has 0 unspecified atom stereocenters. The molecule has 2 aromatic rings. The highest BCUT2D eigenvalue weighted by Gasteiger charge is 2.23. The number of likely N-dealkylation sites (N-methyl/N-ethyl adjacent to an activating group) is 1. The Bertz CT molecular complexity index is 781. The molecular weight excluding hydrogens is 364 g/mol. The van der Waals surface area contributed by atoms with E-state index >= 15 is 0 Å². The quantitative estimate of drug-likeness (QED) is 0.766. The molecule has 0 N–H and O–H groups in total. The molecule has 2 saturated heterocycles. The van der Waals surface area contributed by atoms with E-state index in [1.807, 2.05) is 35.2 Å². The van der Waals surface area contributed by atoms with Crippen LogP contribution in [0.1, 0.15) is 12.5 Å². The second-order valence-electron chi connectivity index (χ2n) is 7.70. The van der Waals surface area contributed by atoms with Gasteiger partial charge in [-0.1, -0.05) is 37.3 Å². The standard InChI is InChI=1S/C22H30N6O/c1-2-25-10-12-26(13-11-25)20-8-9-21(24-23-20)27-14-16-28(17-15-27)22(29)18-19-6-4-3-5-7-19/h3-9H,2,10-18H2,1H3. The number of carbonyl (C=O) groups is 1. The van der Waals surface area contributed by atoms with Crippen LogP contribution in [0.5, 0.6) is 0 Å². The summed E-state index contributed by atoms with van der Waals surface area (Å²) in [4.78, 5) is 21.5. The molecule has 0 bridgehead atoms. The van der Waals surface area contributed by atoms with Gasteiger partial charge in [0, 0.05) is 52.4 Å². The first kappa shape index (κ1) is 19.6. The fourth-order valence-electron chi connectivity index (χ4n) is 4.02. The van der Waals surface area contributed by atoms with Crippen LogP contribution >= 0.6 is 0 Å². The average molecular weight is 395 g/mol. The van der Waals surface area contributed by atoms with Crippen LogP contribution in [-0.4, -0.2) is 84.8 Å².